The number of hydrogen-bond donors (Lipinski definition) is 3. The predicted octanol–water partition coefficient (Wildman–Crippen LogP) is 0.117. The van der Waals surface area contributed by atoms with Crippen molar-refractivity contribution in [3.05, 3.63) is 0 Å². The molecule has 4 nitrogen and oxygen atoms in total. The van der Waals surface area contributed by atoms with E-state index in [-0.39, 0.29) is 11.9 Å². The number of hydrogen-bond acceptors (Lipinski definition) is 3. The molecule has 3 N–H and O–H groups in total. The molecule has 0 saturated carbocycles. The van der Waals surface area contributed by atoms with Crippen molar-refractivity contribution in [3.8, 4) is 0 Å². The average Bonchev–Trinajstić information content (AvgIpc) is 2.25. The zero-order valence-corrected chi connectivity index (χ0v) is 9.25. The van der Waals surface area contributed by atoms with Gasteiger partial charge in [0, 0.05) is 6.54 Å². The first-order chi connectivity index (χ1) is 7.50. The molecular weight excluding hydrogens is 218 g/mol. The summed E-state index contributed by atoms with van der Waals surface area (Å²) in [5, 5.41) is 14.2. The molecule has 1 amide bonds. The number of aliphatic hydroxyl groups is 1. The summed E-state index contributed by atoms with van der Waals surface area (Å²) < 4.78 is 23.9. The van der Waals surface area contributed by atoms with Crippen molar-refractivity contribution in [2.45, 2.75) is 38.3 Å². The predicted molar refractivity (Wildman–Crippen MR) is 55.2 cm³/mol. The van der Waals surface area contributed by atoms with Crippen LogP contribution in [0.3, 0.4) is 0 Å². The summed E-state index contributed by atoms with van der Waals surface area (Å²) in [6.07, 6.45) is -2.89. The van der Waals surface area contributed by atoms with Crippen LogP contribution in [0, 0.1) is 5.92 Å². The first-order valence-corrected chi connectivity index (χ1v) is 5.48. The van der Waals surface area contributed by atoms with Crippen molar-refractivity contribution >= 4 is 5.91 Å². The van der Waals surface area contributed by atoms with E-state index in [4.69, 9.17) is 5.11 Å². The van der Waals surface area contributed by atoms with Crippen molar-refractivity contribution in [1.82, 2.24) is 10.6 Å². The van der Waals surface area contributed by atoms with Gasteiger partial charge in [0.2, 0.25) is 5.91 Å². The van der Waals surface area contributed by atoms with Gasteiger partial charge in [0.1, 0.15) is 6.10 Å². The maximum absolute atomic E-state index is 12.0. The molecule has 3 unspecified atom stereocenters. The van der Waals surface area contributed by atoms with Gasteiger partial charge in [0.25, 0.3) is 6.43 Å². The van der Waals surface area contributed by atoms with Gasteiger partial charge in [0.15, 0.2) is 0 Å². The summed E-state index contributed by atoms with van der Waals surface area (Å²) in [4.78, 5) is 11.5. The van der Waals surface area contributed by atoms with E-state index in [1.54, 1.807) is 0 Å². The van der Waals surface area contributed by atoms with Crippen LogP contribution >= 0.6 is 0 Å². The molecule has 1 rings (SSSR count). The minimum Gasteiger partial charge on any atom is -0.385 e. The fourth-order valence-electron chi connectivity index (χ4n) is 1.72. The molecule has 0 aliphatic carbocycles. The van der Waals surface area contributed by atoms with Crippen LogP contribution in [-0.2, 0) is 4.79 Å². The molecule has 0 bridgehead atoms. The summed E-state index contributed by atoms with van der Waals surface area (Å²) in [7, 11) is 0. The first-order valence-electron chi connectivity index (χ1n) is 5.48. The minimum absolute atomic E-state index is 0.314. The third-order valence-corrected chi connectivity index (χ3v) is 2.76. The van der Waals surface area contributed by atoms with Crippen molar-refractivity contribution in [2.24, 2.45) is 5.92 Å². The zero-order valence-electron chi connectivity index (χ0n) is 9.25. The molecule has 1 heterocycles. The lowest BCUT2D eigenvalue weighted by Gasteiger charge is -2.27. The van der Waals surface area contributed by atoms with Crippen LogP contribution in [0.4, 0.5) is 8.78 Å². The van der Waals surface area contributed by atoms with E-state index >= 15 is 0 Å². The molecule has 94 valence electrons. The molecule has 1 saturated heterocycles. The van der Waals surface area contributed by atoms with Crippen LogP contribution in [0.15, 0.2) is 0 Å². The molecular formula is C10H18F2N2O2. The van der Waals surface area contributed by atoms with Gasteiger partial charge in [-0.15, -0.1) is 0 Å². The molecule has 0 aromatic carbocycles. The van der Waals surface area contributed by atoms with Crippen molar-refractivity contribution in [1.29, 1.82) is 0 Å². The molecule has 1 aliphatic heterocycles. The average molecular weight is 236 g/mol. The molecule has 1 aliphatic rings. The summed E-state index contributed by atoms with van der Waals surface area (Å²) in [5.41, 5.74) is 0. The Morgan fingerprint density at radius 1 is 1.62 bits per heavy atom. The van der Waals surface area contributed by atoms with Gasteiger partial charge < -0.3 is 15.7 Å². The molecule has 0 radical (unpaired) electrons. The molecule has 0 aromatic heterocycles. The van der Waals surface area contributed by atoms with Gasteiger partial charge in [-0.25, -0.2) is 8.78 Å². The van der Waals surface area contributed by atoms with Crippen LogP contribution in [-0.4, -0.2) is 42.7 Å². The number of carbonyl (C=O) groups excluding carboxylic acids is 1. The lowest BCUT2D eigenvalue weighted by molar-refractivity contribution is -0.125. The number of piperidine rings is 1. The quantitative estimate of drug-likeness (QED) is 0.649. The summed E-state index contributed by atoms with van der Waals surface area (Å²) >= 11 is 0. The zero-order chi connectivity index (χ0) is 12.1. The number of rotatable bonds is 4. The fourth-order valence-corrected chi connectivity index (χ4v) is 1.72. The van der Waals surface area contributed by atoms with Gasteiger partial charge in [-0.2, -0.15) is 0 Å². The maximum atomic E-state index is 12.0. The van der Waals surface area contributed by atoms with Crippen molar-refractivity contribution < 1.29 is 18.7 Å². The highest BCUT2D eigenvalue weighted by atomic mass is 19.3. The Kier molecular flexibility index (Phi) is 5.08. The summed E-state index contributed by atoms with van der Waals surface area (Å²) in [5.74, 6) is 0.142. The Hall–Kier alpha value is -0.750. The number of alkyl halides is 2. The Labute approximate surface area is 93.4 Å². The van der Waals surface area contributed by atoms with E-state index < -0.39 is 19.1 Å². The number of halogens is 2. The van der Waals surface area contributed by atoms with Crippen LogP contribution in [0.2, 0.25) is 0 Å². The maximum Gasteiger partial charge on any atom is 0.265 e. The highest BCUT2D eigenvalue weighted by Gasteiger charge is 2.25. The molecule has 1 fully saturated rings. The smallest absolute Gasteiger partial charge is 0.265 e. The fraction of sp³-hybridized carbons (Fsp3) is 0.900. The SMILES string of the molecule is CC1CCNC(C(=O)NCC(O)C(F)F)C1. The second-order valence-electron chi connectivity index (χ2n) is 4.28. The van der Waals surface area contributed by atoms with Crippen LogP contribution < -0.4 is 10.6 Å². The lowest BCUT2D eigenvalue weighted by Crippen LogP contribution is -2.50. The van der Waals surface area contributed by atoms with Crippen molar-refractivity contribution in [2.75, 3.05) is 13.1 Å². The largest absolute Gasteiger partial charge is 0.385 e. The molecule has 6 heteroatoms. The number of aliphatic hydroxyl groups excluding tert-OH is 1. The summed E-state index contributed by atoms with van der Waals surface area (Å²) in [6, 6.07) is -0.325. The number of amides is 1. The highest BCUT2D eigenvalue weighted by molar-refractivity contribution is 5.81. The van der Waals surface area contributed by atoms with Crippen molar-refractivity contribution in [3.63, 3.8) is 0 Å². The Bertz CT molecular complexity index is 239. The number of carbonyl (C=O) groups is 1. The molecule has 16 heavy (non-hydrogen) atoms. The van der Waals surface area contributed by atoms with E-state index in [2.05, 4.69) is 17.6 Å². The monoisotopic (exact) mass is 236 g/mol. The second kappa shape index (κ2) is 6.10. The number of nitrogens with one attached hydrogen (secondary N) is 2. The third kappa shape index (κ3) is 4.02. The van der Waals surface area contributed by atoms with Gasteiger partial charge in [0.05, 0.1) is 6.04 Å². The van der Waals surface area contributed by atoms with Gasteiger partial charge in [-0.3, -0.25) is 4.79 Å². The third-order valence-electron chi connectivity index (χ3n) is 2.76. The van der Waals surface area contributed by atoms with Gasteiger partial charge >= 0.3 is 0 Å². The van der Waals surface area contributed by atoms with Crippen LogP contribution in [0.1, 0.15) is 19.8 Å². The Balaban J connectivity index is 2.29. The summed E-state index contributed by atoms with van der Waals surface area (Å²) in [6.45, 7) is 2.41. The molecule has 0 spiro atoms. The molecule has 3 atom stereocenters. The van der Waals surface area contributed by atoms with E-state index in [0.717, 1.165) is 13.0 Å². The Morgan fingerprint density at radius 3 is 2.88 bits per heavy atom. The standard InChI is InChI=1S/C10H18F2N2O2/c1-6-2-3-13-7(4-6)10(16)14-5-8(15)9(11)12/h6-9,13,15H,2-5H2,1H3,(H,14,16). The van der Waals surface area contributed by atoms with Crippen LogP contribution in [0.5, 0.6) is 0 Å². The van der Waals surface area contributed by atoms with E-state index in [9.17, 15) is 13.6 Å². The lowest BCUT2D eigenvalue weighted by atomic mass is 9.94. The topological polar surface area (TPSA) is 61.4 Å². The van der Waals surface area contributed by atoms with E-state index in [0.29, 0.717) is 12.3 Å². The first kappa shape index (κ1) is 13.3. The van der Waals surface area contributed by atoms with Gasteiger partial charge in [-0.05, 0) is 25.3 Å². The van der Waals surface area contributed by atoms with E-state index in [1.165, 1.54) is 0 Å². The highest BCUT2D eigenvalue weighted by Crippen LogP contribution is 2.14. The molecule has 0 aromatic rings. The minimum atomic E-state index is -2.82. The van der Waals surface area contributed by atoms with Crippen LogP contribution in [0.25, 0.3) is 0 Å². The normalized spacial score (nSPS) is 27.8. The second-order valence-corrected chi connectivity index (χ2v) is 4.28. The van der Waals surface area contributed by atoms with Gasteiger partial charge in [-0.1, -0.05) is 6.92 Å². The van der Waals surface area contributed by atoms with E-state index in [1.807, 2.05) is 0 Å². The Morgan fingerprint density at radius 2 is 2.31 bits per heavy atom.